The number of rotatable bonds is 3. The van der Waals surface area contributed by atoms with Crippen molar-refractivity contribution in [3.8, 4) is 0 Å². The molecule has 1 atom stereocenters. The van der Waals surface area contributed by atoms with Gasteiger partial charge < -0.3 is 5.32 Å². The molecule has 1 aromatic heterocycles. The van der Waals surface area contributed by atoms with Crippen LogP contribution in [0, 0.1) is 0 Å². The number of hydrogen-bond donors (Lipinski definition) is 2. The highest BCUT2D eigenvalue weighted by molar-refractivity contribution is 7.11. The second-order valence-electron chi connectivity index (χ2n) is 4.60. The Balaban J connectivity index is 2.08. The van der Waals surface area contributed by atoms with Crippen LogP contribution in [-0.4, -0.2) is 41.4 Å². The molecule has 1 aliphatic heterocycles. The monoisotopic (exact) mass is 268 g/mol. The molecule has 1 saturated heterocycles. The summed E-state index contributed by atoms with van der Waals surface area (Å²) in [5, 5.41) is 4.39. The molecule has 2 amide bonds. The van der Waals surface area contributed by atoms with Crippen molar-refractivity contribution >= 4 is 23.2 Å². The van der Waals surface area contributed by atoms with Crippen LogP contribution in [0.25, 0.3) is 0 Å². The third-order valence-corrected chi connectivity index (χ3v) is 3.57. The molecule has 1 unspecified atom stereocenters. The number of nitrogens with one attached hydrogen (secondary N) is 2. The summed E-state index contributed by atoms with van der Waals surface area (Å²) >= 11 is 1.30. The highest BCUT2D eigenvalue weighted by atomic mass is 32.1. The molecule has 2 rings (SSSR count). The number of hydrogen-bond acceptors (Lipinski definition) is 5. The molecule has 2 heterocycles. The number of thiazole rings is 1. The second kappa shape index (κ2) is 5.03. The topological polar surface area (TPSA) is 74.3 Å². The van der Waals surface area contributed by atoms with Gasteiger partial charge in [-0.2, -0.15) is 0 Å². The van der Waals surface area contributed by atoms with Gasteiger partial charge in [0.2, 0.25) is 0 Å². The largest absolute Gasteiger partial charge is 0.338 e. The minimum atomic E-state index is -0.496. The highest BCUT2D eigenvalue weighted by Gasteiger charge is 2.30. The zero-order valence-corrected chi connectivity index (χ0v) is 11.4. The van der Waals surface area contributed by atoms with Crippen molar-refractivity contribution in [3.63, 3.8) is 0 Å². The van der Waals surface area contributed by atoms with Gasteiger partial charge in [-0.05, 0) is 5.92 Å². The van der Waals surface area contributed by atoms with Crippen LogP contribution in [0.15, 0.2) is 5.51 Å². The Hall–Kier alpha value is -1.47. The molecule has 98 valence electrons. The molecule has 1 fully saturated rings. The van der Waals surface area contributed by atoms with Gasteiger partial charge in [-0.3, -0.25) is 15.0 Å². The first kappa shape index (κ1) is 13.0. The Morgan fingerprint density at radius 1 is 1.67 bits per heavy atom. The molecule has 0 aromatic carbocycles. The van der Waals surface area contributed by atoms with Crippen molar-refractivity contribution in [1.29, 1.82) is 0 Å². The molecule has 0 radical (unpaired) electrons. The number of carbonyl (C=O) groups is 2. The second-order valence-corrected chi connectivity index (χ2v) is 5.46. The lowest BCUT2D eigenvalue weighted by Crippen LogP contribution is -2.41. The Labute approximate surface area is 109 Å². The first-order chi connectivity index (χ1) is 8.49. The Bertz CT molecular complexity index is 471. The van der Waals surface area contributed by atoms with Crippen LogP contribution in [0.4, 0.5) is 0 Å². The quantitative estimate of drug-likeness (QED) is 0.829. The minimum Gasteiger partial charge on any atom is -0.338 e. The van der Waals surface area contributed by atoms with E-state index in [-0.39, 0.29) is 17.7 Å². The third-order valence-electron chi connectivity index (χ3n) is 2.73. The van der Waals surface area contributed by atoms with E-state index in [0.29, 0.717) is 11.4 Å². The molecule has 0 spiro atoms. The standard InChI is InChI=1S/C11H16N4O2S/c1-6(2)8-9(18-5-12-8)11(17)13-7-4-15(3)14-10(7)16/h5-7H,4H2,1-3H3,(H,13,17)(H,14,16). The van der Waals surface area contributed by atoms with E-state index < -0.39 is 6.04 Å². The Morgan fingerprint density at radius 2 is 2.39 bits per heavy atom. The summed E-state index contributed by atoms with van der Waals surface area (Å²) in [6, 6.07) is -0.496. The molecule has 0 saturated carbocycles. The van der Waals surface area contributed by atoms with Crippen molar-refractivity contribution < 1.29 is 9.59 Å². The van der Waals surface area contributed by atoms with Crippen LogP contribution in [0.3, 0.4) is 0 Å². The Kier molecular flexibility index (Phi) is 3.63. The van der Waals surface area contributed by atoms with E-state index in [1.54, 1.807) is 17.6 Å². The van der Waals surface area contributed by atoms with Crippen molar-refractivity contribution in [3.05, 3.63) is 16.1 Å². The van der Waals surface area contributed by atoms with E-state index >= 15 is 0 Å². The fraction of sp³-hybridized carbons (Fsp3) is 0.545. The van der Waals surface area contributed by atoms with Gasteiger partial charge >= 0.3 is 0 Å². The SMILES string of the molecule is CC(C)c1ncsc1C(=O)NC1CN(C)NC1=O. The number of carbonyl (C=O) groups excluding carboxylic acids is 2. The Morgan fingerprint density at radius 3 is 2.94 bits per heavy atom. The van der Waals surface area contributed by atoms with E-state index in [9.17, 15) is 9.59 Å². The maximum absolute atomic E-state index is 12.1. The molecule has 6 nitrogen and oxygen atoms in total. The molecule has 0 aliphatic carbocycles. The van der Waals surface area contributed by atoms with Crippen LogP contribution in [0.5, 0.6) is 0 Å². The van der Waals surface area contributed by atoms with Gasteiger partial charge in [-0.25, -0.2) is 9.99 Å². The third kappa shape index (κ3) is 2.51. The van der Waals surface area contributed by atoms with Gasteiger partial charge in [0.25, 0.3) is 11.8 Å². The highest BCUT2D eigenvalue weighted by Crippen LogP contribution is 2.21. The van der Waals surface area contributed by atoms with Gasteiger partial charge in [0.1, 0.15) is 10.9 Å². The van der Waals surface area contributed by atoms with Gasteiger partial charge in [0.05, 0.1) is 11.2 Å². The van der Waals surface area contributed by atoms with E-state index in [2.05, 4.69) is 15.7 Å². The van der Waals surface area contributed by atoms with Gasteiger partial charge in [0.15, 0.2) is 0 Å². The lowest BCUT2D eigenvalue weighted by molar-refractivity contribution is -0.122. The van der Waals surface area contributed by atoms with Crippen molar-refractivity contribution in [2.45, 2.75) is 25.8 Å². The number of aromatic nitrogens is 1. The molecular formula is C11H16N4O2S. The molecule has 1 aromatic rings. The van der Waals surface area contributed by atoms with Crippen LogP contribution >= 0.6 is 11.3 Å². The molecular weight excluding hydrogens is 252 g/mol. The number of amides is 2. The smallest absolute Gasteiger partial charge is 0.263 e. The normalized spacial score (nSPS) is 20.2. The molecule has 0 bridgehead atoms. The number of likely N-dealkylation sites (N-methyl/N-ethyl adjacent to an activating group) is 1. The predicted octanol–water partition coefficient (Wildman–Crippen LogP) is 0.341. The molecule has 2 N–H and O–H groups in total. The number of hydrazine groups is 1. The number of nitrogens with zero attached hydrogens (tertiary/aromatic N) is 2. The average Bonchev–Trinajstić information content (AvgIpc) is 2.86. The molecule has 1 aliphatic rings. The van der Waals surface area contributed by atoms with Crippen molar-refractivity contribution in [2.75, 3.05) is 13.6 Å². The van der Waals surface area contributed by atoms with Gasteiger partial charge in [0, 0.05) is 13.6 Å². The zero-order chi connectivity index (χ0) is 13.3. The summed E-state index contributed by atoms with van der Waals surface area (Å²) in [6.07, 6.45) is 0. The fourth-order valence-electron chi connectivity index (χ4n) is 1.84. The van der Waals surface area contributed by atoms with E-state index in [1.807, 2.05) is 13.8 Å². The minimum absolute atomic E-state index is 0.179. The van der Waals surface area contributed by atoms with Crippen LogP contribution in [0.1, 0.15) is 35.1 Å². The lowest BCUT2D eigenvalue weighted by atomic mass is 10.1. The van der Waals surface area contributed by atoms with E-state index in [4.69, 9.17) is 0 Å². The maximum Gasteiger partial charge on any atom is 0.263 e. The van der Waals surface area contributed by atoms with Crippen LogP contribution in [-0.2, 0) is 4.79 Å². The fourth-order valence-corrected chi connectivity index (χ4v) is 2.69. The van der Waals surface area contributed by atoms with Crippen molar-refractivity contribution in [2.24, 2.45) is 0 Å². The van der Waals surface area contributed by atoms with Gasteiger partial charge in [-0.1, -0.05) is 13.8 Å². The summed E-state index contributed by atoms with van der Waals surface area (Å²) in [7, 11) is 1.76. The summed E-state index contributed by atoms with van der Waals surface area (Å²) in [5.74, 6) is -0.213. The van der Waals surface area contributed by atoms with Crippen molar-refractivity contribution in [1.82, 2.24) is 20.7 Å². The van der Waals surface area contributed by atoms with E-state index in [0.717, 1.165) is 5.69 Å². The first-order valence-corrected chi connectivity index (χ1v) is 6.63. The van der Waals surface area contributed by atoms with E-state index in [1.165, 1.54) is 11.3 Å². The van der Waals surface area contributed by atoms with Gasteiger partial charge in [-0.15, -0.1) is 11.3 Å². The van der Waals surface area contributed by atoms with Crippen LogP contribution in [0.2, 0.25) is 0 Å². The summed E-state index contributed by atoms with van der Waals surface area (Å²) in [6.45, 7) is 4.45. The lowest BCUT2D eigenvalue weighted by Gasteiger charge is -2.10. The first-order valence-electron chi connectivity index (χ1n) is 5.75. The molecule has 7 heteroatoms. The summed E-state index contributed by atoms with van der Waals surface area (Å²) in [5.41, 5.74) is 5.06. The summed E-state index contributed by atoms with van der Waals surface area (Å²) in [4.78, 5) is 28.4. The summed E-state index contributed by atoms with van der Waals surface area (Å²) < 4.78 is 0. The maximum atomic E-state index is 12.1. The predicted molar refractivity (Wildman–Crippen MR) is 68.2 cm³/mol. The average molecular weight is 268 g/mol. The zero-order valence-electron chi connectivity index (χ0n) is 10.6. The van der Waals surface area contributed by atoms with Crippen LogP contribution < -0.4 is 10.7 Å². The molecule has 18 heavy (non-hydrogen) atoms.